The number of carbonyl (C=O) groups excluding carboxylic acids is 1. The minimum Gasteiger partial charge on any atom is -0.371 e. The van der Waals surface area contributed by atoms with Crippen molar-refractivity contribution < 1.29 is 4.79 Å². The van der Waals surface area contributed by atoms with Crippen molar-refractivity contribution in [3.63, 3.8) is 0 Å². The standard InChI is InChI=1S/C16H19ClN4O/c17-14-2-4-15(5-3-14)20-9-6-13(11-20)10-18-16(22)12-21-8-1-7-19-21/h1-5,7-8,13H,6,9-12H2,(H,18,22). The Labute approximate surface area is 134 Å². The monoisotopic (exact) mass is 318 g/mol. The number of carbonyl (C=O) groups is 1. The largest absolute Gasteiger partial charge is 0.371 e. The molecular weight excluding hydrogens is 300 g/mol. The van der Waals surface area contributed by atoms with Crippen molar-refractivity contribution in [2.75, 3.05) is 24.5 Å². The molecule has 1 aliphatic rings. The summed E-state index contributed by atoms with van der Waals surface area (Å²) in [6.07, 6.45) is 4.55. The Bertz CT molecular complexity index is 612. The van der Waals surface area contributed by atoms with E-state index < -0.39 is 0 Å². The zero-order valence-electron chi connectivity index (χ0n) is 12.3. The van der Waals surface area contributed by atoms with Crippen LogP contribution in [0.15, 0.2) is 42.7 Å². The zero-order chi connectivity index (χ0) is 15.4. The van der Waals surface area contributed by atoms with Gasteiger partial charge in [0.1, 0.15) is 6.54 Å². The van der Waals surface area contributed by atoms with Gasteiger partial charge in [-0.05, 0) is 42.7 Å². The van der Waals surface area contributed by atoms with Crippen LogP contribution in [-0.4, -0.2) is 35.3 Å². The van der Waals surface area contributed by atoms with Crippen LogP contribution < -0.4 is 10.2 Å². The van der Waals surface area contributed by atoms with Gasteiger partial charge in [0.05, 0.1) is 0 Å². The second-order valence-electron chi connectivity index (χ2n) is 5.58. The Kier molecular flexibility index (Phi) is 4.63. The van der Waals surface area contributed by atoms with Crippen LogP contribution in [0.2, 0.25) is 5.02 Å². The first-order valence-electron chi connectivity index (χ1n) is 7.45. The molecule has 1 saturated heterocycles. The highest BCUT2D eigenvalue weighted by Gasteiger charge is 2.23. The fourth-order valence-electron chi connectivity index (χ4n) is 2.74. The van der Waals surface area contributed by atoms with Gasteiger partial charge in [0.15, 0.2) is 0 Å². The van der Waals surface area contributed by atoms with E-state index in [1.54, 1.807) is 17.1 Å². The number of benzene rings is 1. The first-order chi connectivity index (χ1) is 10.7. The summed E-state index contributed by atoms with van der Waals surface area (Å²) in [6.45, 7) is 2.97. The number of nitrogens with zero attached hydrogens (tertiary/aromatic N) is 3. The highest BCUT2D eigenvalue weighted by Crippen LogP contribution is 2.24. The molecule has 0 aliphatic carbocycles. The van der Waals surface area contributed by atoms with Gasteiger partial charge in [-0.25, -0.2) is 0 Å². The molecule has 0 saturated carbocycles. The Balaban J connectivity index is 1.45. The lowest BCUT2D eigenvalue weighted by Crippen LogP contribution is -2.33. The summed E-state index contributed by atoms with van der Waals surface area (Å²) in [6, 6.07) is 9.72. The van der Waals surface area contributed by atoms with Crippen LogP contribution in [-0.2, 0) is 11.3 Å². The van der Waals surface area contributed by atoms with Crippen LogP contribution in [0.4, 0.5) is 5.69 Å². The minimum atomic E-state index is 0.00800. The molecule has 1 N–H and O–H groups in total. The Morgan fingerprint density at radius 2 is 2.18 bits per heavy atom. The second kappa shape index (κ2) is 6.83. The van der Waals surface area contributed by atoms with Crippen molar-refractivity contribution in [2.45, 2.75) is 13.0 Å². The predicted molar refractivity (Wildman–Crippen MR) is 87.0 cm³/mol. The van der Waals surface area contributed by atoms with Gasteiger partial charge in [-0.3, -0.25) is 9.48 Å². The molecule has 2 heterocycles. The molecule has 1 amide bonds. The summed E-state index contributed by atoms with van der Waals surface area (Å²) in [5.41, 5.74) is 1.19. The Morgan fingerprint density at radius 3 is 2.91 bits per heavy atom. The molecule has 116 valence electrons. The van der Waals surface area contributed by atoms with E-state index in [4.69, 9.17) is 11.6 Å². The van der Waals surface area contributed by atoms with Gasteiger partial charge >= 0.3 is 0 Å². The number of anilines is 1. The van der Waals surface area contributed by atoms with Gasteiger partial charge in [0, 0.05) is 42.7 Å². The molecule has 1 aromatic heterocycles. The minimum absolute atomic E-state index is 0.00800. The van der Waals surface area contributed by atoms with Gasteiger partial charge in [0.2, 0.25) is 5.91 Å². The molecule has 1 unspecified atom stereocenters. The van der Waals surface area contributed by atoms with Crippen molar-refractivity contribution in [1.29, 1.82) is 0 Å². The van der Waals surface area contributed by atoms with Crippen LogP contribution in [0.5, 0.6) is 0 Å². The van der Waals surface area contributed by atoms with Gasteiger partial charge < -0.3 is 10.2 Å². The summed E-state index contributed by atoms with van der Waals surface area (Å²) < 4.78 is 1.63. The van der Waals surface area contributed by atoms with E-state index in [1.165, 1.54) is 5.69 Å². The van der Waals surface area contributed by atoms with Crippen molar-refractivity contribution in [3.8, 4) is 0 Å². The van der Waals surface area contributed by atoms with Crippen molar-refractivity contribution in [2.24, 2.45) is 5.92 Å². The molecule has 0 radical (unpaired) electrons. The summed E-state index contributed by atoms with van der Waals surface area (Å²) in [5.74, 6) is 0.492. The fraction of sp³-hybridized carbons (Fsp3) is 0.375. The molecule has 22 heavy (non-hydrogen) atoms. The molecular formula is C16H19ClN4O. The smallest absolute Gasteiger partial charge is 0.241 e. The van der Waals surface area contributed by atoms with E-state index in [2.05, 4.69) is 15.3 Å². The van der Waals surface area contributed by atoms with Gasteiger partial charge in [-0.15, -0.1) is 0 Å². The maximum absolute atomic E-state index is 11.9. The van der Waals surface area contributed by atoms with E-state index in [0.29, 0.717) is 12.5 Å². The lowest BCUT2D eigenvalue weighted by Gasteiger charge is -2.19. The molecule has 1 atom stereocenters. The second-order valence-corrected chi connectivity index (χ2v) is 6.02. The third kappa shape index (κ3) is 3.80. The molecule has 1 aromatic carbocycles. The average Bonchev–Trinajstić information content (AvgIpc) is 3.17. The number of hydrogen-bond donors (Lipinski definition) is 1. The van der Waals surface area contributed by atoms with E-state index in [9.17, 15) is 4.79 Å². The van der Waals surface area contributed by atoms with Crippen molar-refractivity contribution in [1.82, 2.24) is 15.1 Å². The first-order valence-corrected chi connectivity index (χ1v) is 7.83. The number of amides is 1. The van der Waals surface area contributed by atoms with Gasteiger partial charge in [-0.2, -0.15) is 5.10 Å². The maximum atomic E-state index is 11.9. The number of rotatable bonds is 5. The van der Waals surface area contributed by atoms with Crippen LogP contribution >= 0.6 is 11.6 Å². The number of aromatic nitrogens is 2. The highest BCUT2D eigenvalue weighted by molar-refractivity contribution is 6.30. The molecule has 0 spiro atoms. The van der Waals surface area contributed by atoms with E-state index >= 15 is 0 Å². The van der Waals surface area contributed by atoms with Gasteiger partial charge in [0.25, 0.3) is 0 Å². The molecule has 3 rings (SSSR count). The van der Waals surface area contributed by atoms with Crippen molar-refractivity contribution >= 4 is 23.2 Å². The topological polar surface area (TPSA) is 50.2 Å². The number of nitrogens with one attached hydrogen (secondary N) is 1. The molecule has 0 bridgehead atoms. The zero-order valence-corrected chi connectivity index (χ0v) is 13.0. The lowest BCUT2D eigenvalue weighted by molar-refractivity contribution is -0.122. The normalized spacial score (nSPS) is 17.7. The summed E-state index contributed by atoms with van der Waals surface area (Å²) in [5, 5.41) is 7.78. The van der Waals surface area contributed by atoms with Crippen LogP contribution in [0.25, 0.3) is 0 Å². The summed E-state index contributed by atoms with van der Waals surface area (Å²) >= 11 is 5.92. The van der Waals surface area contributed by atoms with Gasteiger partial charge in [-0.1, -0.05) is 11.6 Å². The Hall–Kier alpha value is -2.01. The molecule has 1 aliphatic heterocycles. The third-order valence-corrected chi connectivity index (χ3v) is 4.18. The first kappa shape index (κ1) is 14.9. The summed E-state index contributed by atoms with van der Waals surface area (Å²) in [7, 11) is 0. The average molecular weight is 319 g/mol. The number of halogens is 1. The third-order valence-electron chi connectivity index (χ3n) is 3.93. The van der Waals surface area contributed by atoms with E-state index in [-0.39, 0.29) is 12.5 Å². The van der Waals surface area contributed by atoms with Crippen molar-refractivity contribution in [3.05, 3.63) is 47.7 Å². The summed E-state index contributed by atoms with van der Waals surface area (Å²) in [4.78, 5) is 14.2. The quantitative estimate of drug-likeness (QED) is 0.919. The molecule has 2 aromatic rings. The molecule has 6 heteroatoms. The Morgan fingerprint density at radius 1 is 1.36 bits per heavy atom. The predicted octanol–water partition coefficient (Wildman–Crippen LogP) is 2.18. The maximum Gasteiger partial charge on any atom is 0.241 e. The SMILES string of the molecule is O=C(Cn1cccn1)NCC1CCN(c2ccc(Cl)cc2)C1. The molecule has 1 fully saturated rings. The van der Waals surface area contributed by atoms with Crippen LogP contribution in [0.1, 0.15) is 6.42 Å². The fourth-order valence-corrected chi connectivity index (χ4v) is 2.87. The molecule has 5 nitrogen and oxygen atoms in total. The lowest BCUT2D eigenvalue weighted by atomic mass is 10.1. The van der Waals surface area contributed by atoms with E-state index in [0.717, 1.165) is 24.5 Å². The van der Waals surface area contributed by atoms with E-state index in [1.807, 2.05) is 30.3 Å². The number of hydrogen-bond acceptors (Lipinski definition) is 3. The van der Waals surface area contributed by atoms with Crippen LogP contribution in [0.3, 0.4) is 0 Å². The van der Waals surface area contributed by atoms with Crippen LogP contribution in [0, 0.1) is 5.92 Å². The highest BCUT2D eigenvalue weighted by atomic mass is 35.5.